The summed E-state index contributed by atoms with van der Waals surface area (Å²) >= 11 is 0. The first-order valence-electron chi connectivity index (χ1n) is 4.61. The fourth-order valence-corrected chi connectivity index (χ4v) is 1.54. The van der Waals surface area contributed by atoms with Gasteiger partial charge < -0.3 is 10.1 Å². The topological polar surface area (TPSA) is 21.3 Å². The Bertz CT molecular complexity index is 352. The molecule has 1 aliphatic heterocycles. The van der Waals surface area contributed by atoms with E-state index in [2.05, 4.69) is 10.1 Å². The molecule has 1 heterocycles. The fraction of sp³-hybridized carbons (Fsp3) is 0.400. The fourth-order valence-electron chi connectivity index (χ4n) is 1.54. The van der Waals surface area contributed by atoms with E-state index in [0.717, 1.165) is 0 Å². The zero-order valence-corrected chi connectivity index (χ0v) is 9.07. The smallest absolute Gasteiger partial charge is 0.405 e. The van der Waals surface area contributed by atoms with Gasteiger partial charge in [0.05, 0.1) is 0 Å². The van der Waals surface area contributed by atoms with Crippen molar-refractivity contribution < 1.29 is 17.9 Å². The number of hydrogen-bond donors (Lipinski definition) is 1. The third kappa shape index (κ3) is 3.02. The maximum atomic E-state index is 12.1. The van der Waals surface area contributed by atoms with Crippen molar-refractivity contribution in [2.45, 2.75) is 12.3 Å². The van der Waals surface area contributed by atoms with Crippen LogP contribution in [-0.2, 0) is 0 Å². The minimum Gasteiger partial charge on any atom is -0.405 e. The van der Waals surface area contributed by atoms with Crippen molar-refractivity contribution in [3.05, 3.63) is 29.8 Å². The Balaban J connectivity index is 0.00000128. The predicted molar refractivity (Wildman–Crippen MR) is 56.0 cm³/mol. The van der Waals surface area contributed by atoms with Gasteiger partial charge in [0.15, 0.2) is 0 Å². The first-order chi connectivity index (χ1) is 7.06. The average Bonchev–Trinajstić information content (AvgIpc) is 2.02. The van der Waals surface area contributed by atoms with E-state index in [9.17, 15) is 13.2 Å². The standard InChI is InChI=1S/C10H10F3NO.ClH/c11-10(12,13)15-9-4-2-1-3-8(9)7-5-14-6-7;/h1-4,7,14H,5-6H2;1H. The summed E-state index contributed by atoms with van der Waals surface area (Å²) in [5.41, 5.74) is 0.619. The highest BCUT2D eigenvalue weighted by Crippen LogP contribution is 2.32. The Hall–Kier alpha value is -0.940. The molecule has 0 radical (unpaired) electrons. The van der Waals surface area contributed by atoms with Crippen molar-refractivity contribution in [2.75, 3.05) is 13.1 Å². The van der Waals surface area contributed by atoms with Crippen LogP contribution in [-0.4, -0.2) is 19.5 Å². The van der Waals surface area contributed by atoms with Crippen LogP contribution in [0.2, 0.25) is 0 Å². The molecule has 0 bridgehead atoms. The van der Waals surface area contributed by atoms with Crippen molar-refractivity contribution in [2.24, 2.45) is 0 Å². The molecule has 1 saturated heterocycles. The molecule has 1 aliphatic rings. The minimum atomic E-state index is -4.62. The van der Waals surface area contributed by atoms with Crippen LogP contribution < -0.4 is 10.1 Å². The summed E-state index contributed by atoms with van der Waals surface area (Å²) in [5, 5.41) is 3.01. The Morgan fingerprint density at radius 1 is 1.19 bits per heavy atom. The summed E-state index contributed by atoms with van der Waals surface area (Å²) in [4.78, 5) is 0. The summed E-state index contributed by atoms with van der Waals surface area (Å²) < 4.78 is 40.2. The molecular weight excluding hydrogens is 243 g/mol. The van der Waals surface area contributed by atoms with E-state index >= 15 is 0 Å². The SMILES string of the molecule is Cl.FC(F)(F)Oc1ccccc1C1CNC1. The van der Waals surface area contributed by atoms with Gasteiger partial charge in [-0.1, -0.05) is 18.2 Å². The van der Waals surface area contributed by atoms with Gasteiger partial charge in [0, 0.05) is 24.6 Å². The number of ether oxygens (including phenoxy) is 1. The van der Waals surface area contributed by atoms with Crippen LogP contribution >= 0.6 is 12.4 Å². The molecule has 0 unspecified atom stereocenters. The Morgan fingerprint density at radius 2 is 1.81 bits per heavy atom. The second kappa shape index (κ2) is 4.93. The zero-order valence-electron chi connectivity index (χ0n) is 8.25. The van der Waals surface area contributed by atoms with Crippen molar-refractivity contribution >= 4 is 12.4 Å². The van der Waals surface area contributed by atoms with Gasteiger partial charge in [0.2, 0.25) is 0 Å². The Labute approximate surface area is 97.2 Å². The molecule has 0 aromatic heterocycles. The number of benzene rings is 1. The normalized spacial score (nSPS) is 16.2. The van der Waals surface area contributed by atoms with Crippen LogP contribution in [0.1, 0.15) is 11.5 Å². The van der Waals surface area contributed by atoms with Crippen LogP contribution in [0.15, 0.2) is 24.3 Å². The lowest BCUT2D eigenvalue weighted by Crippen LogP contribution is -2.40. The van der Waals surface area contributed by atoms with Crippen molar-refractivity contribution in [3.63, 3.8) is 0 Å². The molecule has 90 valence electrons. The molecule has 0 spiro atoms. The summed E-state index contributed by atoms with van der Waals surface area (Å²) in [6.45, 7) is 1.41. The lowest BCUT2D eigenvalue weighted by Gasteiger charge is -2.29. The molecule has 16 heavy (non-hydrogen) atoms. The van der Waals surface area contributed by atoms with E-state index in [1.54, 1.807) is 12.1 Å². The molecule has 1 aromatic carbocycles. The van der Waals surface area contributed by atoms with Crippen LogP contribution in [0.3, 0.4) is 0 Å². The van der Waals surface area contributed by atoms with E-state index in [4.69, 9.17) is 0 Å². The second-order valence-corrected chi connectivity index (χ2v) is 3.44. The van der Waals surface area contributed by atoms with Gasteiger partial charge in [-0.05, 0) is 6.07 Å². The number of alkyl halides is 3. The highest BCUT2D eigenvalue weighted by molar-refractivity contribution is 5.85. The summed E-state index contributed by atoms with van der Waals surface area (Å²) in [7, 11) is 0. The van der Waals surface area contributed by atoms with Gasteiger partial charge in [-0.2, -0.15) is 0 Å². The molecule has 0 saturated carbocycles. The first kappa shape index (κ1) is 13.1. The molecule has 2 rings (SSSR count). The third-order valence-corrected chi connectivity index (χ3v) is 2.37. The van der Waals surface area contributed by atoms with Crippen molar-refractivity contribution in [1.82, 2.24) is 5.32 Å². The van der Waals surface area contributed by atoms with Gasteiger partial charge >= 0.3 is 6.36 Å². The lowest BCUT2D eigenvalue weighted by molar-refractivity contribution is -0.275. The van der Waals surface area contributed by atoms with Crippen LogP contribution in [0.4, 0.5) is 13.2 Å². The molecule has 1 aromatic rings. The van der Waals surface area contributed by atoms with Gasteiger partial charge in [0.1, 0.15) is 5.75 Å². The molecule has 6 heteroatoms. The molecule has 0 atom stereocenters. The lowest BCUT2D eigenvalue weighted by atomic mass is 9.93. The van der Waals surface area contributed by atoms with E-state index in [1.807, 2.05) is 0 Å². The van der Waals surface area contributed by atoms with Gasteiger partial charge in [-0.3, -0.25) is 0 Å². The van der Waals surface area contributed by atoms with E-state index < -0.39 is 6.36 Å². The largest absolute Gasteiger partial charge is 0.573 e. The maximum Gasteiger partial charge on any atom is 0.573 e. The molecule has 0 amide bonds. The van der Waals surface area contributed by atoms with Crippen LogP contribution in [0.25, 0.3) is 0 Å². The van der Waals surface area contributed by atoms with Gasteiger partial charge in [-0.15, -0.1) is 25.6 Å². The third-order valence-electron chi connectivity index (χ3n) is 2.37. The molecule has 0 aliphatic carbocycles. The molecular formula is C10H11ClF3NO. The Kier molecular flexibility index (Phi) is 4.04. The van der Waals surface area contributed by atoms with E-state index in [-0.39, 0.29) is 24.1 Å². The number of nitrogens with one attached hydrogen (secondary N) is 1. The maximum absolute atomic E-state index is 12.1. The predicted octanol–water partition coefficient (Wildman–Crippen LogP) is 2.69. The molecule has 2 nitrogen and oxygen atoms in total. The molecule has 1 N–H and O–H groups in total. The quantitative estimate of drug-likeness (QED) is 0.875. The van der Waals surface area contributed by atoms with Crippen molar-refractivity contribution in [1.29, 1.82) is 0 Å². The Morgan fingerprint density at radius 3 is 2.31 bits per heavy atom. The monoisotopic (exact) mass is 253 g/mol. The molecule has 1 fully saturated rings. The first-order valence-corrected chi connectivity index (χ1v) is 4.61. The highest BCUT2D eigenvalue weighted by atomic mass is 35.5. The number of para-hydroxylation sites is 1. The van der Waals surface area contributed by atoms with Crippen molar-refractivity contribution in [3.8, 4) is 5.75 Å². The van der Waals surface area contributed by atoms with Gasteiger partial charge in [-0.25, -0.2) is 0 Å². The minimum absolute atomic E-state index is 0. The summed E-state index contributed by atoms with van der Waals surface area (Å²) in [6, 6.07) is 6.28. The van der Waals surface area contributed by atoms with Gasteiger partial charge in [0.25, 0.3) is 0 Å². The summed E-state index contributed by atoms with van der Waals surface area (Å²) in [5.74, 6) is 0.0417. The number of rotatable bonds is 2. The number of hydrogen-bond acceptors (Lipinski definition) is 2. The summed E-state index contributed by atoms with van der Waals surface area (Å²) in [6.07, 6.45) is -4.62. The van der Waals surface area contributed by atoms with Crippen LogP contribution in [0, 0.1) is 0 Å². The van der Waals surface area contributed by atoms with E-state index in [1.165, 1.54) is 12.1 Å². The van der Waals surface area contributed by atoms with E-state index in [0.29, 0.717) is 18.7 Å². The van der Waals surface area contributed by atoms with Crippen LogP contribution in [0.5, 0.6) is 5.75 Å². The highest BCUT2D eigenvalue weighted by Gasteiger charge is 2.33. The zero-order chi connectivity index (χ0) is 10.9. The average molecular weight is 254 g/mol. The second-order valence-electron chi connectivity index (χ2n) is 3.44. The number of halogens is 4.